The van der Waals surface area contributed by atoms with Crippen molar-refractivity contribution in [1.82, 2.24) is 9.62 Å². The molecule has 1 heterocycles. The lowest BCUT2D eigenvalue weighted by Crippen LogP contribution is -2.29. The molecule has 0 bridgehead atoms. The first-order valence-electron chi connectivity index (χ1n) is 7.05. The van der Waals surface area contributed by atoms with E-state index >= 15 is 0 Å². The predicted octanol–water partition coefficient (Wildman–Crippen LogP) is 3.13. The topological polar surface area (TPSA) is 49.4 Å². The van der Waals surface area contributed by atoms with Crippen molar-refractivity contribution in [2.75, 3.05) is 19.6 Å². The van der Waals surface area contributed by atoms with Crippen LogP contribution < -0.4 is 5.32 Å². The second kappa shape index (κ2) is 6.84. The molecule has 2 rings (SSSR count). The summed E-state index contributed by atoms with van der Waals surface area (Å²) in [5.41, 5.74) is 0.705. The fraction of sp³-hybridized carbons (Fsp3) is 0.571. The summed E-state index contributed by atoms with van der Waals surface area (Å²) in [4.78, 5) is 0.110. The van der Waals surface area contributed by atoms with Crippen LogP contribution >= 0.6 is 23.2 Å². The summed E-state index contributed by atoms with van der Waals surface area (Å²) in [7, 11) is -3.58. The van der Waals surface area contributed by atoms with Crippen molar-refractivity contribution in [2.45, 2.75) is 31.7 Å². The molecule has 1 fully saturated rings. The maximum atomic E-state index is 12.7. The molecule has 21 heavy (non-hydrogen) atoms. The average Bonchev–Trinajstić information content (AvgIpc) is 2.86. The van der Waals surface area contributed by atoms with Crippen LogP contribution in [0.25, 0.3) is 0 Å². The van der Waals surface area contributed by atoms with Gasteiger partial charge in [0.1, 0.15) is 4.90 Å². The van der Waals surface area contributed by atoms with Crippen LogP contribution in [0.5, 0.6) is 0 Å². The number of rotatable bonds is 5. The molecule has 1 N–H and O–H groups in total. The van der Waals surface area contributed by atoms with Gasteiger partial charge in [-0.25, -0.2) is 8.42 Å². The lowest BCUT2D eigenvalue weighted by molar-refractivity contribution is 0.464. The van der Waals surface area contributed by atoms with Crippen molar-refractivity contribution in [2.24, 2.45) is 5.92 Å². The number of nitrogens with one attached hydrogen (secondary N) is 1. The first-order valence-corrected chi connectivity index (χ1v) is 9.24. The number of halogens is 2. The summed E-state index contributed by atoms with van der Waals surface area (Å²) in [6.07, 6.45) is 0.877. The van der Waals surface area contributed by atoms with E-state index in [-0.39, 0.29) is 9.92 Å². The van der Waals surface area contributed by atoms with Crippen LogP contribution in [0.3, 0.4) is 0 Å². The molecule has 1 atom stereocenters. The summed E-state index contributed by atoms with van der Waals surface area (Å²) >= 11 is 12.4. The third-order valence-electron chi connectivity index (χ3n) is 3.65. The van der Waals surface area contributed by atoms with Gasteiger partial charge in [0.2, 0.25) is 10.0 Å². The maximum absolute atomic E-state index is 12.7. The van der Waals surface area contributed by atoms with Crippen LogP contribution in [0, 0.1) is 5.92 Å². The molecule has 0 aliphatic carbocycles. The Labute approximate surface area is 136 Å². The first-order chi connectivity index (χ1) is 9.86. The molecule has 1 aliphatic rings. The van der Waals surface area contributed by atoms with Gasteiger partial charge >= 0.3 is 0 Å². The highest BCUT2D eigenvalue weighted by molar-refractivity contribution is 7.89. The van der Waals surface area contributed by atoms with E-state index in [2.05, 4.69) is 5.32 Å². The SMILES string of the molecule is CCNCc1cc(Cl)cc(S(=O)(=O)N2CCC(C)C2)c1Cl. The van der Waals surface area contributed by atoms with E-state index in [4.69, 9.17) is 23.2 Å². The molecule has 1 aromatic carbocycles. The third-order valence-corrected chi connectivity index (χ3v) is 6.32. The lowest BCUT2D eigenvalue weighted by Gasteiger charge is -2.18. The normalized spacial score (nSPS) is 20.1. The molecule has 1 aromatic rings. The molecule has 1 aliphatic heterocycles. The minimum atomic E-state index is -3.58. The molecule has 1 unspecified atom stereocenters. The van der Waals surface area contributed by atoms with Crippen molar-refractivity contribution >= 4 is 33.2 Å². The van der Waals surface area contributed by atoms with Gasteiger partial charge in [-0.05, 0) is 36.6 Å². The van der Waals surface area contributed by atoms with Gasteiger partial charge in [0.05, 0.1) is 5.02 Å². The minimum Gasteiger partial charge on any atom is -0.313 e. The van der Waals surface area contributed by atoms with Gasteiger partial charge in [-0.3, -0.25) is 0 Å². The van der Waals surface area contributed by atoms with Crippen LogP contribution in [-0.4, -0.2) is 32.4 Å². The molecule has 0 saturated carbocycles. The highest BCUT2D eigenvalue weighted by atomic mass is 35.5. The Balaban J connectivity index is 2.40. The van der Waals surface area contributed by atoms with Crippen LogP contribution in [0.2, 0.25) is 10.0 Å². The monoisotopic (exact) mass is 350 g/mol. The molecule has 118 valence electrons. The zero-order chi connectivity index (χ0) is 15.6. The molecule has 0 aromatic heterocycles. The zero-order valence-electron chi connectivity index (χ0n) is 12.2. The van der Waals surface area contributed by atoms with E-state index in [1.165, 1.54) is 10.4 Å². The fourth-order valence-corrected chi connectivity index (χ4v) is 4.93. The van der Waals surface area contributed by atoms with Gasteiger partial charge in [-0.1, -0.05) is 37.0 Å². The number of hydrogen-bond acceptors (Lipinski definition) is 3. The smallest absolute Gasteiger partial charge is 0.244 e. The molecular weight excluding hydrogens is 331 g/mol. The third kappa shape index (κ3) is 3.71. The van der Waals surface area contributed by atoms with E-state index in [0.717, 1.165) is 13.0 Å². The highest BCUT2D eigenvalue weighted by Crippen LogP contribution is 2.33. The summed E-state index contributed by atoms with van der Waals surface area (Å²) < 4.78 is 27.0. The molecule has 1 saturated heterocycles. The largest absolute Gasteiger partial charge is 0.313 e. The average molecular weight is 351 g/mol. The molecule has 7 heteroatoms. The Hall–Kier alpha value is -0.330. The van der Waals surface area contributed by atoms with Gasteiger partial charge in [-0.2, -0.15) is 4.31 Å². The molecule has 4 nitrogen and oxygen atoms in total. The van der Waals surface area contributed by atoms with E-state index < -0.39 is 10.0 Å². The Morgan fingerprint density at radius 3 is 2.67 bits per heavy atom. The Bertz CT molecular complexity index is 620. The number of benzene rings is 1. The van der Waals surface area contributed by atoms with E-state index in [1.807, 2.05) is 13.8 Å². The van der Waals surface area contributed by atoms with Crippen molar-refractivity contribution in [1.29, 1.82) is 0 Å². The van der Waals surface area contributed by atoms with Gasteiger partial charge < -0.3 is 5.32 Å². The molecule has 0 spiro atoms. The van der Waals surface area contributed by atoms with Crippen LogP contribution in [0.1, 0.15) is 25.8 Å². The molecule has 0 amide bonds. The van der Waals surface area contributed by atoms with Crippen molar-refractivity contribution in [3.05, 3.63) is 27.7 Å². The van der Waals surface area contributed by atoms with Crippen LogP contribution in [0.4, 0.5) is 0 Å². The highest BCUT2D eigenvalue weighted by Gasteiger charge is 2.32. The summed E-state index contributed by atoms with van der Waals surface area (Å²) in [6.45, 7) is 6.36. The van der Waals surface area contributed by atoms with Crippen LogP contribution in [-0.2, 0) is 16.6 Å². The second-order valence-electron chi connectivity index (χ2n) is 5.41. The number of sulfonamides is 1. The summed E-state index contributed by atoms with van der Waals surface area (Å²) in [5.74, 6) is 0.374. The van der Waals surface area contributed by atoms with Gasteiger partial charge in [-0.15, -0.1) is 0 Å². The maximum Gasteiger partial charge on any atom is 0.244 e. The van der Waals surface area contributed by atoms with E-state index in [1.54, 1.807) is 6.07 Å². The van der Waals surface area contributed by atoms with E-state index in [0.29, 0.717) is 36.1 Å². The van der Waals surface area contributed by atoms with Crippen molar-refractivity contribution in [3.8, 4) is 0 Å². The van der Waals surface area contributed by atoms with Crippen molar-refractivity contribution < 1.29 is 8.42 Å². The van der Waals surface area contributed by atoms with E-state index in [9.17, 15) is 8.42 Å². The minimum absolute atomic E-state index is 0.110. The quantitative estimate of drug-likeness (QED) is 0.887. The van der Waals surface area contributed by atoms with Crippen molar-refractivity contribution in [3.63, 3.8) is 0 Å². The Morgan fingerprint density at radius 1 is 1.38 bits per heavy atom. The molecule has 0 radical (unpaired) electrons. The zero-order valence-corrected chi connectivity index (χ0v) is 14.5. The van der Waals surface area contributed by atoms with Gasteiger partial charge in [0.15, 0.2) is 0 Å². The second-order valence-corrected chi connectivity index (χ2v) is 8.14. The van der Waals surface area contributed by atoms with Gasteiger partial charge in [0.25, 0.3) is 0 Å². The van der Waals surface area contributed by atoms with Crippen LogP contribution in [0.15, 0.2) is 17.0 Å². The number of nitrogens with zero attached hydrogens (tertiary/aromatic N) is 1. The molecular formula is C14H20Cl2N2O2S. The van der Waals surface area contributed by atoms with Gasteiger partial charge in [0, 0.05) is 24.7 Å². The first kappa shape index (κ1) is 17.0. The Morgan fingerprint density at radius 2 is 2.10 bits per heavy atom. The lowest BCUT2D eigenvalue weighted by atomic mass is 10.2. The summed E-state index contributed by atoms with van der Waals surface area (Å²) in [5, 5.41) is 3.79. The predicted molar refractivity (Wildman–Crippen MR) is 86.4 cm³/mol. The summed E-state index contributed by atoms with van der Waals surface area (Å²) in [6, 6.07) is 3.15. The fourth-order valence-electron chi connectivity index (χ4n) is 2.45. The standard InChI is InChI=1S/C14H20Cl2N2O2S/c1-3-17-8-11-6-12(15)7-13(14(11)16)21(19,20)18-5-4-10(2)9-18/h6-7,10,17H,3-5,8-9H2,1-2H3. The Kier molecular flexibility index (Phi) is 5.54. The number of hydrogen-bond donors (Lipinski definition) is 1.